The standard InChI is InChI=1S/C13H19NO3S/c1-3-18-9-5-8-17-11-7-4-6-10(14)12(11)13(15)16-2/h4,6-7H,3,5,8-9,14H2,1-2H3. The molecule has 0 aliphatic heterocycles. The van der Waals surface area contributed by atoms with Crippen LogP contribution in [0.2, 0.25) is 0 Å². The zero-order chi connectivity index (χ0) is 13.4. The maximum Gasteiger partial charge on any atom is 0.343 e. The maximum absolute atomic E-state index is 11.6. The molecule has 1 aromatic rings. The average molecular weight is 269 g/mol. The lowest BCUT2D eigenvalue weighted by Gasteiger charge is -2.11. The highest BCUT2D eigenvalue weighted by Crippen LogP contribution is 2.25. The van der Waals surface area contributed by atoms with E-state index >= 15 is 0 Å². The van der Waals surface area contributed by atoms with E-state index in [9.17, 15) is 4.79 Å². The fourth-order valence-electron chi connectivity index (χ4n) is 1.48. The molecule has 2 N–H and O–H groups in total. The Balaban J connectivity index is 2.64. The molecule has 0 aromatic heterocycles. The quantitative estimate of drug-likeness (QED) is 0.468. The van der Waals surface area contributed by atoms with Crippen LogP contribution in [0.15, 0.2) is 18.2 Å². The van der Waals surface area contributed by atoms with Crippen LogP contribution in [0.5, 0.6) is 5.75 Å². The second kappa shape index (κ2) is 7.87. The van der Waals surface area contributed by atoms with E-state index in [0.29, 0.717) is 23.6 Å². The molecule has 0 fully saturated rings. The van der Waals surface area contributed by atoms with Crippen LogP contribution >= 0.6 is 11.8 Å². The number of nitrogen functional groups attached to an aromatic ring is 1. The van der Waals surface area contributed by atoms with E-state index in [-0.39, 0.29) is 0 Å². The lowest BCUT2D eigenvalue weighted by atomic mass is 10.1. The molecule has 0 radical (unpaired) electrons. The number of hydrogen-bond donors (Lipinski definition) is 1. The highest BCUT2D eigenvalue weighted by molar-refractivity contribution is 7.99. The summed E-state index contributed by atoms with van der Waals surface area (Å²) in [5.74, 6) is 2.17. The number of esters is 1. The molecule has 0 aliphatic carbocycles. The minimum Gasteiger partial charge on any atom is -0.493 e. The zero-order valence-corrected chi connectivity index (χ0v) is 11.6. The molecule has 4 nitrogen and oxygen atoms in total. The molecule has 0 atom stereocenters. The van der Waals surface area contributed by atoms with Gasteiger partial charge in [-0.15, -0.1) is 0 Å². The first-order valence-electron chi connectivity index (χ1n) is 5.88. The van der Waals surface area contributed by atoms with Crippen molar-refractivity contribution in [2.45, 2.75) is 13.3 Å². The lowest BCUT2D eigenvalue weighted by molar-refractivity contribution is 0.0597. The Bertz CT molecular complexity index is 396. The summed E-state index contributed by atoms with van der Waals surface area (Å²) in [6, 6.07) is 5.15. The number of ether oxygens (including phenoxy) is 2. The van der Waals surface area contributed by atoms with E-state index in [1.807, 2.05) is 11.8 Å². The third kappa shape index (κ3) is 4.14. The molecule has 0 heterocycles. The number of anilines is 1. The van der Waals surface area contributed by atoms with Gasteiger partial charge in [0.2, 0.25) is 0 Å². The van der Waals surface area contributed by atoms with Gasteiger partial charge in [-0.3, -0.25) is 0 Å². The number of thioether (sulfide) groups is 1. The van der Waals surface area contributed by atoms with Crippen molar-refractivity contribution in [3.8, 4) is 5.75 Å². The summed E-state index contributed by atoms with van der Waals surface area (Å²) in [4.78, 5) is 11.6. The summed E-state index contributed by atoms with van der Waals surface area (Å²) < 4.78 is 10.3. The molecule has 1 aromatic carbocycles. The third-order valence-corrected chi connectivity index (χ3v) is 3.33. The van der Waals surface area contributed by atoms with Crippen LogP contribution in [0, 0.1) is 0 Å². The lowest BCUT2D eigenvalue weighted by Crippen LogP contribution is -2.10. The van der Waals surface area contributed by atoms with E-state index in [4.69, 9.17) is 15.2 Å². The van der Waals surface area contributed by atoms with Gasteiger partial charge in [-0.05, 0) is 30.1 Å². The molecule has 0 aliphatic rings. The molecule has 0 saturated heterocycles. The van der Waals surface area contributed by atoms with Crippen molar-refractivity contribution < 1.29 is 14.3 Å². The van der Waals surface area contributed by atoms with Crippen molar-refractivity contribution in [2.75, 3.05) is 31.0 Å². The van der Waals surface area contributed by atoms with Crippen LogP contribution < -0.4 is 10.5 Å². The van der Waals surface area contributed by atoms with Crippen LogP contribution in [0.1, 0.15) is 23.7 Å². The van der Waals surface area contributed by atoms with E-state index < -0.39 is 5.97 Å². The second-order valence-corrected chi connectivity index (χ2v) is 5.00. The monoisotopic (exact) mass is 269 g/mol. The molecule has 0 unspecified atom stereocenters. The Morgan fingerprint density at radius 2 is 2.22 bits per heavy atom. The van der Waals surface area contributed by atoms with Gasteiger partial charge in [0.1, 0.15) is 11.3 Å². The molecular weight excluding hydrogens is 250 g/mol. The van der Waals surface area contributed by atoms with Crippen LogP contribution in [0.25, 0.3) is 0 Å². The molecule has 0 saturated carbocycles. The summed E-state index contributed by atoms with van der Waals surface area (Å²) in [5.41, 5.74) is 6.45. The molecule has 0 amide bonds. The van der Waals surface area contributed by atoms with Crippen LogP contribution in [0.4, 0.5) is 5.69 Å². The van der Waals surface area contributed by atoms with Crippen LogP contribution in [-0.2, 0) is 4.74 Å². The molecule has 18 heavy (non-hydrogen) atoms. The van der Waals surface area contributed by atoms with E-state index in [1.54, 1.807) is 18.2 Å². The first-order valence-corrected chi connectivity index (χ1v) is 7.03. The number of hydrogen-bond acceptors (Lipinski definition) is 5. The highest BCUT2D eigenvalue weighted by Gasteiger charge is 2.16. The zero-order valence-electron chi connectivity index (χ0n) is 10.8. The predicted octanol–water partition coefficient (Wildman–Crippen LogP) is 2.58. The van der Waals surface area contributed by atoms with Gasteiger partial charge in [0, 0.05) is 5.69 Å². The van der Waals surface area contributed by atoms with E-state index in [2.05, 4.69) is 6.92 Å². The number of methoxy groups -OCH3 is 1. The van der Waals surface area contributed by atoms with Gasteiger partial charge >= 0.3 is 5.97 Å². The summed E-state index contributed by atoms with van der Waals surface area (Å²) in [6.07, 6.45) is 0.938. The fraction of sp³-hybridized carbons (Fsp3) is 0.462. The molecule has 5 heteroatoms. The minimum atomic E-state index is -0.467. The van der Waals surface area contributed by atoms with E-state index in [1.165, 1.54) is 7.11 Å². The van der Waals surface area contributed by atoms with Gasteiger partial charge in [-0.1, -0.05) is 13.0 Å². The van der Waals surface area contributed by atoms with Crippen molar-refractivity contribution in [2.24, 2.45) is 0 Å². The number of carbonyl (C=O) groups is 1. The Morgan fingerprint density at radius 1 is 1.44 bits per heavy atom. The molecular formula is C13H19NO3S. The number of benzene rings is 1. The molecule has 0 bridgehead atoms. The van der Waals surface area contributed by atoms with Gasteiger partial charge < -0.3 is 15.2 Å². The van der Waals surface area contributed by atoms with Gasteiger partial charge in [-0.25, -0.2) is 4.79 Å². The topological polar surface area (TPSA) is 61.5 Å². The van der Waals surface area contributed by atoms with Gasteiger partial charge in [0.05, 0.1) is 13.7 Å². The Labute approximate surface area is 112 Å². The number of rotatable bonds is 7. The Kier molecular flexibility index (Phi) is 6.43. The summed E-state index contributed by atoms with van der Waals surface area (Å²) >= 11 is 1.87. The summed E-state index contributed by atoms with van der Waals surface area (Å²) in [5, 5.41) is 0. The largest absolute Gasteiger partial charge is 0.493 e. The first kappa shape index (κ1) is 14.7. The predicted molar refractivity (Wildman–Crippen MR) is 75.3 cm³/mol. The molecule has 0 spiro atoms. The number of nitrogens with two attached hydrogens (primary N) is 1. The van der Waals surface area contributed by atoms with Crippen molar-refractivity contribution in [1.29, 1.82) is 0 Å². The van der Waals surface area contributed by atoms with Crippen LogP contribution in [0.3, 0.4) is 0 Å². The van der Waals surface area contributed by atoms with Crippen LogP contribution in [-0.4, -0.2) is 31.2 Å². The maximum atomic E-state index is 11.6. The molecule has 100 valence electrons. The van der Waals surface area contributed by atoms with E-state index in [0.717, 1.165) is 17.9 Å². The van der Waals surface area contributed by atoms with Crippen molar-refractivity contribution in [1.82, 2.24) is 0 Å². The van der Waals surface area contributed by atoms with Crippen molar-refractivity contribution >= 4 is 23.4 Å². The summed E-state index contributed by atoms with van der Waals surface area (Å²) in [6.45, 7) is 2.69. The van der Waals surface area contributed by atoms with Crippen molar-refractivity contribution in [3.05, 3.63) is 23.8 Å². The smallest absolute Gasteiger partial charge is 0.343 e. The third-order valence-electron chi connectivity index (χ3n) is 2.34. The minimum absolute atomic E-state index is 0.308. The normalized spacial score (nSPS) is 10.1. The Hall–Kier alpha value is -1.36. The van der Waals surface area contributed by atoms with Gasteiger partial charge in [0.15, 0.2) is 0 Å². The SMILES string of the molecule is CCSCCCOc1cccc(N)c1C(=O)OC. The first-order chi connectivity index (χ1) is 8.70. The Morgan fingerprint density at radius 3 is 2.89 bits per heavy atom. The second-order valence-electron chi connectivity index (χ2n) is 3.61. The number of carbonyl (C=O) groups excluding carboxylic acids is 1. The molecule has 1 rings (SSSR count). The summed E-state index contributed by atoms with van der Waals surface area (Å²) in [7, 11) is 1.33. The van der Waals surface area contributed by atoms with Crippen molar-refractivity contribution in [3.63, 3.8) is 0 Å². The van der Waals surface area contributed by atoms with Gasteiger partial charge in [-0.2, -0.15) is 11.8 Å². The fourth-order valence-corrected chi connectivity index (χ4v) is 2.09. The van der Waals surface area contributed by atoms with Gasteiger partial charge in [0.25, 0.3) is 0 Å². The highest BCUT2D eigenvalue weighted by atomic mass is 32.2. The average Bonchev–Trinajstić information content (AvgIpc) is 2.38.